The summed E-state index contributed by atoms with van der Waals surface area (Å²) in [5, 5.41) is 19.2. The Kier molecular flexibility index (Phi) is 5.38. The molecule has 0 unspecified atom stereocenters. The van der Waals surface area contributed by atoms with Crippen LogP contribution in [0.15, 0.2) is 54.7 Å². The van der Waals surface area contributed by atoms with E-state index >= 15 is 0 Å². The van der Waals surface area contributed by atoms with E-state index < -0.39 is 11.9 Å². The molecule has 2 aliphatic rings. The molecule has 0 saturated carbocycles. The molecule has 1 aromatic heterocycles. The Morgan fingerprint density at radius 3 is 2.64 bits per heavy atom. The molecule has 5 rings (SSSR count). The third-order valence-electron chi connectivity index (χ3n) is 6.84. The number of nitrogens with zero attached hydrogens (tertiary/aromatic N) is 2. The van der Waals surface area contributed by atoms with Gasteiger partial charge in [0.25, 0.3) is 5.91 Å². The molecule has 2 aromatic carbocycles. The lowest BCUT2D eigenvalue weighted by molar-refractivity contribution is -0.0436. The van der Waals surface area contributed by atoms with Crippen molar-refractivity contribution in [2.45, 2.75) is 38.1 Å². The lowest BCUT2D eigenvalue weighted by Gasteiger charge is -2.45. The van der Waals surface area contributed by atoms with Crippen molar-refractivity contribution in [1.29, 1.82) is 0 Å². The number of likely N-dealkylation sites (tertiary alicyclic amines) is 1. The van der Waals surface area contributed by atoms with Crippen LogP contribution in [0, 0.1) is 0 Å². The number of hydrogen-bond donors (Lipinski definition) is 2. The van der Waals surface area contributed by atoms with Crippen molar-refractivity contribution in [3.63, 3.8) is 0 Å². The van der Waals surface area contributed by atoms with Gasteiger partial charge in [-0.05, 0) is 48.4 Å². The molecule has 0 atom stereocenters. The van der Waals surface area contributed by atoms with Crippen LogP contribution in [0.4, 0.5) is 0 Å². The monoisotopic (exact) mass is 448 g/mol. The van der Waals surface area contributed by atoms with Gasteiger partial charge in [-0.15, -0.1) is 0 Å². The van der Waals surface area contributed by atoms with Gasteiger partial charge >= 0.3 is 0 Å². The lowest BCUT2D eigenvalue weighted by Crippen LogP contribution is -2.50. The topological polar surface area (TPSA) is 84.2 Å². The number of aryl methyl sites for hydroxylation is 1. The number of aliphatic hydroxyl groups excluding tert-OH is 1. The van der Waals surface area contributed by atoms with E-state index in [0.29, 0.717) is 42.8 Å². The van der Waals surface area contributed by atoms with Gasteiger partial charge in [-0.2, -0.15) is 0 Å². The third-order valence-corrected chi connectivity index (χ3v) is 6.84. The summed E-state index contributed by atoms with van der Waals surface area (Å²) in [4.78, 5) is 15.1. The van der Waals surface area contributed by atoms with Gasteiger partial charge in [0.1, 0.15) is 11.5 Å². The fraction of sp³-hybridized carbons (Fsp3) is 0.346. The highest BCUT2D eigenvalue weighted by Crippen LogP contribution is 2.45. The molecule has 3 aromatic rings. The average Bonchev–Trinajstić information content (AvgIpc) is 3.35. The molecular weight excluding hydrogens is 420 g/mol. The summed E-state index contributed by atoms with van der Waals surface area (Å²) in [5.41, 5.74) is 3.43. The molecule has 1 spiro atoms. The van der Waals surface area contributed by atoms with Gasteiger partial charge < -0.3 is 29.2 Å². The second kappa shape index (κ2) is 8.24. The molecule has 0 aliphatic carbocycles. The molecular formula is C26H28N2O5. The van der Waals surface area contributed by atoms with E-state index in [1.54, 1.807) is 19.2 Å². The van der Waals surface area contributed by atoms with Gasteiger partial charge in [0.2, 0.25) is 0 Å². The molecule has 3 heterocycles. The van der Waals surface area contributed by atoms with E-state index in [1.165, 1.54) is 0 Å². The summed E-state index contributed by atoms with van der Waals surface area (Å²) >= 11 is 0. The lowest BCUT2D eigenvalue weighted by atomic mass is 9.86. The number of aromatic nitrogens is 1. The number of amides is 1. The number of ether oxygens (including phenoxy) is 2. The van der Waals surface area contributed by atoms with E-state index in [-0.39, 0.29) is 5.91 Å². The molecule has 2 aliphatic heterocycles. The Morgan fingerprint density at radius 1 is 1.15 bits per heavy atom. The first-order valence-electron chi connectivity index (χ1n) is 11.3. The zero-order valence-electron chi connectivity index (χ0n) is 18.8. The Morgan fingerprint density at radius 2 is 1.94 bits per heavy atom. The summed E-state index contributed by atoms with van der Waals surface area (Å²) in [7, 11) is 1.63. The minimum Gasteiger partial charge on any atom is -0.496 e. The van der Waals surface area contributed by atoms with E-state index in [1.807, 2.05) is 41.4 Å². The minimum atomic E-state index is -1.56. The molecule has 0 radical (unpaired) electrons. The average molecular weight is 449 g/mol. The maximum atomic E-state index is 13.2. The second-order valence-electron chi connectivity index (χ2n) is 8.63. The molecule has 0 bridgehead atoms. The number of hydrogen-bond acceptors (Lipinski definition) is 5. The van der Waals surface area contributed by atoms with Crippen LogP contribution >= 0.6 is 0 Å². The standard InChI is InChI=1S/C26H28N2O5/c1-3-17-6-7-18(15-21(17)32-2)24(29)27-13-10-26(11-14-27)23-5-4-12-28(23)20-9-8-19(25(30)31)16-22(20)33-26/h4-9,12,15-16,25,30-31H,3,10-11,13-14H2,1-2H3. The smallest absolute Gasteiger partial charge is 0.253 e. The molecule has 1 saturated heterocycles. The van der Waals surface area contributed by atoms with E-state index in [9.17, 15) is 15.0 Å². The summed E-state index contributed by atoms with van der Waals surface area (Å²) in [6.45, 7) is 3.17. The van der Waals surface area contributed by atoms with Crippen LogP contribution in [0.5, 0.6) is 11.5 Å². The Labute approximate surface area is 192 Å². The fourth-order valence-electron chi connectivity index (χ4n) is 4.98. The van der Waals surface area contributed by atoms with Crippen LogP contribution in [0.2, 0.25) is 0 Å². The maximum Gasteiger partial charge on any atom is 0.253 e. The van der Waals surface area contributed by atoms with Crippen molar-refractivity contribution in [3.8, 4) is 17.2 Å². The molecule has 7 heteroatoms. The van der Waals surface area contributed by atoms with Crippen molar-refractivity contribution in [2.75, 3.05) is 20.2 Å². The maximum absolute atomic E-state index is 13.2. The molecule has 1 amide bonds. The van der Waals surface area contributed by atoms with Gasteiger partial charge in [-0.1, -0.05) is 19.1 Å². The molecule has 33 heavy (non-hydrogen) atoms. The molecule has 1 fully saturated rings. The molecule has 7 nitrogen and oxygen atoms in total. The highest BCUT2D eigenvalue weighted by molar-refractivity contribution is 5.94. The van der Waals surface area contributed by atoms with Crippen LogP contribution < -0.4 is 9.47 Å². The van der Waals surface area contributed by atoms with Gasteiger partial charge in [0, 0.05) is 43.3 Å². The Bertz CT molecular complexity index is 1190. The summed E-state index contributed by atoms with van der Waals surface area (Å²) < 4.78 is 14.1. The number of carbonyl (C=O) groups excluding carboxylic acids is 1. The van der Waals surface area contributed by atoms with Crippen molar-refractivity contribution in [3.05, 3.63) is 77.1 Å². The van der Waals surface area contributed by atoms with E-state index in [2.05, 4.69) is 17.6 Å². The summed E-state index contributed by atoms with van der Waals surface area (Å²) in [6, 6.07) is 14.9. The number of benzene rings is 2. The Balaban J connectivity index is 1.39. The number of fused-ring (bicyclic) bond motifs is 4. The third kappa shape index (κ3) is 3.57. The second-order valence-corrected chi connectivity index (χ2v) is 8.63. The van der Waals surface area contributed by atoms with Crippen molar-refractivity contribution < 1.29 is 24.5 Å². The number of methoxy groups -OCH3 is 1. The fourth-order valence-corrected chi connectivity index (χ4v) is 4.98. The first-order chi connectivity index (χ1) is 16.0. The predicted octanol–water partition coefficient (Wildman–Crippen LogP) is 3.56. The highest BCUT2D eigenvalue weighted by Gasteiger charge is 2.44. The zero-order valence-corrected chi connectivity index (χ0v) is 18.8. The number of aliphatic hydroxyl groups is 2. The first-order valence-corrected chi connectivity index (χ1v) is 11.3. The minimum absolute atomic E-state index is 0.0110. The summed E-state index contributed by atoms with van der Waals surface area (Å²) in [5.74, 6) is 1.34. The molecule has 2 N–H and O–H groups in total. The number of carbonyl (C=O) groups is 1. The predicted molar refractivity (Wildman–Crippen MR) is 123 cm³/mol. The van der Waals surface area contributed by atoms with Gasteiger partial charge in [0.15, 0.2) is 11.9 Å². The quantitative estimate of drug-likeness (QED) is 0.597. The Hall–Kier alpha value is -3.29. The van der Waals surface area contributed by atoms with E-state index in [0.717, 1.165) is 29.1 Å². The highest BCUT2D eigenvalue weighted by atomic mass is 16.5. The van der Waals surface area contributed by atoms with Crippen LogP contribution in [-0.2, 0) is 12.0 Å². The van der Waals surface area contributed by atoms with Crippen LogP contribution in [0.3, 0.4) is 0 Å². The number of rotatable bonds is 4. The zero-order chi connectivity index (χ0) is 23.2. The summed E-state index contributed by atoms with van der Waals surface area (Å²) in [6.07, 6.45) is 2.55. The van der Waals surface area contributed by atoms with Gasteiger partial charge in [-0.3, -0.25) is 4.79 Å². The van der Waals surface area contributed by atoms with Crippen LogP contribution in [0.25, 0.3) is 5.69 Å². The molecule has 172 valence electrons. The van der Waals surface area contributed by atoms with Gasteiger partial charge in [0.05, 0.1) is 18.5 Å². The normalized spacial score (nSPS) is 16.3. The van der Waals surface area contributed by atoms with Crippen LogP contribution in [-0.4, -0.2) is 45.8 Å². The largest absolute Gasteiger partial charge is 0.496 e. The van der Waals surface area contributed by atoms with Crippen LogP contribution in [0.1, 0.15) is 53.2 Å². The number of piperidine rings is 1. The van der Waals surface area contributed by atoms with Crippen molar-refractivity contribution in [2.24, 2.45) is 0 Å². The van der Waals surface area contributed by atoms with E-state index in [4.69, 9.17) is 9.47 Å². The first kappa shape index (κ1) is 21.6. The van der Waals surface area contributed by atoms with Crippen molar-refractivity contribution >= 4 is 5.91 Å². The van der Waals surface area contributed by atoms with Crippen molar-refractivity contribution in [1.82, 2.24) is 9.47 Å². The SMILES string of the molecule is CCc1ccc(C(=O)N2CCC3(CC2)Oc2cc(C(O)O)ccc2-n2cccc23)cc1OC. The van der Waals surface area contributed by atoms with Gasteiger partial charge in [-0.25, -0.2) is 0 Å².